The normalized spacial score (nSPS) is 10.3. The molecular formula is C9H8F2O3. The van der Waals surface area contributed by atoms with Crippen LogP contribution in [-0.4, -0.2) is 18.2 Å². The predicted molar refractivity (Wildman–Crippen MR) is 44.4 cm³/mol. The highest BCUT2D eigenvalue weighted by molar-refractivity contribution is 5.91. The Morgan fingerprint density at radius 2 is 2.14 bits per heavy atom. The van der Waals surface area contributed by atoms with E-state index in [1.165, 1.54) is 0 Å². The number of hydrogen-bond donors (Lipinski definition) is 1. The maximum atomic E-state index is 12.4. The molecule has 3 nitrogen and oxygen atoms in total. The van der Waals surface area contributed by atoms with Crippen molar-refractivity contribution in [2.24, 2.45) is 0 Å². The van der Waals surface area contributed by atoms with Crippen LogP contribution in [0, 0.1) is 0 Å². The maximum absolute atomic E-state index is 12.4. The number of alkyl halides is 2. The summed E-state index contributed by atoms with van der Waals surface area (Å²) < 4.78 is 29.1. The molecule has 0 amide bonds. The molecule has 1 aromatic carbocycles. The summed E-state index contributed by atoms with van der Waals surface area (Å²) in [5.74, 6) is -1.16. The molecule has 0 aliphatic rings. The average Bonchev–Trinajstić information content (AvgIpc) is 2.16. The Balaban J connectivity index is 3.21. The fourth-order valence-corrected chi connectivity index (χ4v) is 1.03. The van der Waals surface area contributed by atoms with E-state index in [0.717, 1.165) is 25.3 Å². The van der Waals surface area contributed by atoms with Crippen LogP contribution in [0.5, 0.6) is 5.75 Å². The monoisotopic (exact) mass is 202 g/mol. The summed E-state index contributed by atoms with van der Waals surface area (Å²) in [5.41, 5.74) is -0.767. The zero-order valence-corrected chi connectivity index (χ0v) is 7.33. The van der Waals surface area contributed by atoms with Crippen LogP contribution in [-0.2, 0) is 4.74 Å². The zero-order chi connectivity index (χ0) is 10.7. The standard InChI is InChI=1S/C9H8F2O3/c1-14-9(13)6-3-2-5(12)4-7(6)8(10)11/h2-4,8,12H,1H3. The van der Waals surface area contributed by atoms with Gasteiger partial charge in [0.2, 0.25) is 0 Å². The first-order valence-corrected chi connectivity index (χ1v) is 3.75. The van der Waals surface area contributed by atoms with Gasteiger partial charge in [0.25, 0.3) is 6.43 Å². The maximum Gasteiger partial charge on any atom is 0.338 e. The minimum absolute atomic E-state index is 0.236. The van der Waals surface area contributed by atoms with E-state index in [0.29, 0.717) is 0 Å². The number of phenolic OH excluding ortho intramolecular Hbond substituents is 1. The van der Waals surface area contributed by atoms with E-state index in [1.807, 2.05) is 0 Å². The molecule has 0 aliphatic carbocycles. The third-order valence-corrected chi connectivity index (χ3v) is 1.68. The summed E-state index contributed by atoms with van der Waals surface area (Å²) in [4.78, 5) is 11.0. The number of hydrogen-bond acceptors (Lipinski definition) is 3. The molecule has 76 valence electrons. The van der Waals surface area contributed by atoms with Crippen molar-refractivity contribution in [3.05, 3.63) is 29.3 Å². The summed E-state index contributed by atoms with van der Waals surface area (Å²) in [6.07, 6.45) is -2.82. The van der Waals surface area contributed by atoms with Crippen molar-refractivity contribution >= 4 is 5.97 Å². The van der Waals surface area contributed by atoms with Crippen LogP contribution >= 0.6 is 0 Å². The lowest BCUT2D eigenvalue weighted by molar-refractivity contribution is 0.0589. The number of halogens is 2. The van der Waals surface area contributed by atoms with Gasteiger partial charge in [-0.05, 0) is 18.2 Å². The van der Waals surface area contributed by atoms with E-state index < -0.39 is 18.0 Å². The van der Waals surface area contributed by atoms with Gasteiger partial charge in [0.05, 0.1) is 12.7 Å². The van der Waals surface area contributed by atoms with Crippen molar-refractivity contribution in [2.75, 3.05) is 7.11 Å². The summed E-state index contributed by atoms with van der Waals surface area (Å²) >= 11 is 0. The summed E-state index contributed by atoms with van der Waals surface area (Å²) in [5, 5.41) is 8.96. The van der Waals surface area contributed by atoms with Gasteiger partial charge in [-0.1, -0.05) is 0 Å². The summed E-state index contributed by atoms with van der Waals surface area (Å²) in [6, 6.07) is 3.09. The van der Waals surface area contributed by atoms with Gasteiger partial charge >= 0.3 is 5.97 Å². The number of carbonyl (C=O) groups excluding carboxylic acids is 1. The van der Waals surface area contributed by atoms with Crippen molar-refractivity contribution in [3.8, 4) is 5.75 Å². The molecule has 0 radical (unpaired) electrons. The van der Waals surface area contributed by atoms with Crippen LogP contribution < -0.4 is 0 Å². The van der Waals surface area contributed by atoms with Crippen LogP contribution in [0.2, 0.25) is 0 Å². The number of ether oxygens (including phenoxy) is 1. The largest absolute Gasteiger partial charge is 0.508 e. The molecule has 1 N–H and O–H groups in total. The zero-order valence-electron chi connectivity index (χ0n) is 7.33. The molecule has 0 heterocycles. The molecule has 0 saturated carbocycles. The SMILES string of the molecule is COC(=O)c1ccc(O)cc1C(F)F. The minimum atomic E-state index is -2.82. The highest BCUT2D eigenvalue weighted by Gasteiger charge is 2.19. The van der Waals surface area contributed by atoms with Crippen molar-refractivity contribution in [1.82, 2.24) is 0 Å². The first-order chi connectivity index (χ1) is 6.56. The van der Waals surface area contributed by atoms with Crippen LogP contribution in [0.15, 0.2) is 18.2 Å². The Bertz CT molecular complexity index is 350. The lowest BCUT2D eigenvalue weighted by Crippen LogP contribution is -2.05. The van der Waals surface area contributed by atoms with E-state index in [4.69, 9.17) is 5.11 Å². The van der Waals surface area contributed by atoms with E-state index in [9.17, 15) is 13.6 Å². The summed E-state index contributed by atoms with van der Waals surface area (Å²) in [6.45, 7) is 0. The lowest BCUT2D eigenvalue weighted by Gasteiger charge is -2.06. The Morgan fingerprint density at radius 1 is 1.50 bits per heavy atom. The van der Waals surface area contributed by atoms with E-state index in [1.54, 1.807) is 0 Å². The molecule has 0 aromatic heterocycles. The molecule has 14 heavy (non-hydrogen) atoms. The highest BCUT2D eigenvalue weighted by atomic mass is 19.3. The Kier molecular flexibility index (Phi) is 3.01. The molecule has 0 spiro atoms. The number of methoxy groups -OCH3 is 1. The molecule has 1 rings (SSSR count). The van der Waals surface area contributed by atoms with E-state index in [-0.39, 0.29) is 11.3 Å². The number of esters is 1. The van der Waals surface area contributed by atoms with Crippen molar-refractivity contribution in [3.63, 3.8) is 0 Å². The van der Waals surface area contributed by atoms with Crippen molar-refractivity contribution < 1.29 is 23.4 Å². The summed E-state index contributed by atoms with van der Waals surface area (Å²) in [7, 11) is 1.10. The van der Waals surface area contributed by atoms with Crippen molar-refractivity contribution in [1.29, 1.82) is 0 Å². The Morgan fingerprint density at radius 3 is 2.64 bits per heavy atom. The molecule has 0 atom stereocenters. The van der Waals surface area contributed by atoms with Gasteiger partial charge in [0.15, 0.2) is 0 Å². The quantitative estimate of drug-likeness (QED) is 0.747. The first-order valence-electron chi connectivity index (χ1n) is 3.75. The number of phenols is 1. The van der Waals surface area contributed by atoms with Gasteiger partial charge in [0.1, 0.15) is 5.75 Å². The molecule has 5 heteroatoms. The number of aromatic hydroxyl groups is 1. The van der Waals surface area contributed by atoms with E-state index >= 15 is 0 Å². The molecule has 0 bridgehead atoms. The third-order valence-electron chi connectivity index (χ3n) is 1.68. The molecular weight excluding hydrogens is 194 g/mol. The molecule has 0 unspecified atom stereocenters. The van der Waals surface area contributed by atoms with Crippen LogP contribution in [0.3, 0.4) is 0 Å². The number of carbonyl (C=O) groups is 1. The second-order valence-electron chi connectivity index (χ2n) is 2.56. The van der Waals surface area contributed by atoms with Crippen LogP contribution in [0.25, 0.3) is 0 Å². The Hall–Kier alpha value is -1.65. The van der Waals surface area contributed by atoms with Gasteiger partial charge in [-0.25, -0.2) is 13.6 Å². The van der Waals surface area contributed by atoms with Gasteiger partial charge in [-0.3, -0.25) is 0 Å². The second kappa shape index (κ2) is 4.04. The fourth-order valence-electron chi connectivity index (χ4n) is 1.03. The molecule has 0 fully saturated rings. The second-order valence-corrected chi connectivity index (χ2v) is 2.56. The smallest absolute Gasteiger partial charge is 0.338 e. The number of rotatable bonds is 2. The van der Waals surface area contributed by atoms with Crippen LogP contribution in [0.4, 0.5) is 8.78 Å². The molecule has 0 saturated heterocycles. The van der Waals surface area contributed by atoms with Gasteiger partial charge < -0.3 is 9.84 Å². The van der Waals surface area contributed by atoms with Crippen LogP contribution in [0.1, 0.15) is 22.3 Å². The lowest BCUT2D eigenvalue weighted by atomic mass is 10.1. The van der Waals surface area contributed by atoms with Crippen molar-refractivity contribution in [2.45, 2.75) is 6.43 Å². The predicted octanol–water partition coefficient (Wildman–Crippen LogP) is 2.12. The average molecular weight is 202 g/mol. The highest BCUT2D eigenvalue weighted by Crippen LogP contribution is 2.26. The first kappa shape index (κ1) is 10.4. The molecule has 0 aliphatic heterocycles. The van der Waals surface area contributed by atoms with Gasteiger partial charge in [0, 0.05) is 5.56 Å². The molecule has 1 aromatic rings. The Labute approximate surface area is 78.9 Å². The topological polar surface area (TPSA) is 46.5 Å². The minimum Gasteiger partial charge on any atom is -0.508 e. The third kappa shape index (κ3) is 1.99. The van der Waals surface area contributed by atoms with Gasteiger partial charge in [-0.2, -0.15) is 0 Å². The van der Waals surface area contributed by atoms with E-state index in [2.05, 4.69) is 4.74 Å². The fraction of sp³-hybridized carbons (Fsp3) is 0.222. The van der Waals surface area contributed by atoms with Gasteiger partial charge in [-0.15, -0.1) is 0 Å². The number of benzene rings is 1.